The van der Waals surface area contributed by atoms with E-state index >= 15 is 0 Å². The molecule has 1 aromatic rings. The van der Waals surface area contributed by atoms with E-state index in [1.165, 1.54) is 11.1 Å². The summed E-state index contributed by atoms with van der Waals surface area (Å²) in [4.78, 5) is 13.4. The van der Waals surface area contributed by atoms with Gasteiger partial charge in [0.05, 0.1) is 5.70 Å². The van der Waals surface area contributed by atoms with Crippen LogP contribution in [0.3, 0.4) is 0 Å². The zero-order valence-electron chi connectivity index (χ0n) is 16.7. The van der Waals surface area contributed by atoms with Gasteiger partial charge >= 0.3 is 0 Å². The number of allylic oxidation sites excluding steroid dienone is 3. The lowest BCUT2D eigenvalue weighted by Gasteiger charge is -2.33. The summed E-state index contributed by atoms with van der Waals surface area (Å²) in [5.74, 6) is 2.55. The number of nitrogens with one attached hydrogen (secondary N) is 2. The van der Waals surface area contributed by atoms with Gasteiger partial charge in [0.25, 0.3) is 0 Å². The number of hydrogen-bond donors (Lipinski definition) is 2. The number of piperidine rings is 1. The average molecular weight is 432 g/mol. The summed E-state index contributed by atoms with van der Waals surface area (Å²) in [6.07, 6.45) is 4.05. The van der Waals surface area contributed by atoms with Gasteiger partial charge in [-0.1, -0.05) is 42.8 Å². The fourth-order valence-electron chi connectivity index (χ4n) is 3.24. The monoisotopic (exact) mass is 431 g/mol. The van der Waals surface area contributed by atoms with Gasteiger partial charge in [0.15, 0.2) is 5.94 Å². The number of hydrogen-bond acceptors (Lipinski definition) is 4. The van der Waals surface area contributed by atoms with Crippen molar-refractivity contribution < 1.29 is 4.79 Å². The van der Waals surface area contributed by atoms with Crippen LogP contribution in [0.2, 0.25) is 0 Å². The van der Waals surface area contributed by atoms with Gasteiger partial charge in [-0.25, -0.2) is 4.79 Å². The van der Waals surface area contributed by atoms with E-state index in [0.29, 0.717) is 11.6 Å². The van der Waals surface area contributed by atoms with Crippen molar-refractivity contribution in [2.45, 2.75) is 38.6 Å². The van der Waals surface area contributed by atoms with E-state index in [9.17, 15) is 4.79 Å². The minimum atomic E-state index is 0.227. The van der Waals surface area contributed by atoms with Crippen LogP contribution in [0.5, 0.6) is 0 Å². The van der Waals surface area contributed by atoms with Gasteiger partial charge in [0.2, 0.25) is 0 Å². The lowest BCUT2D eigenvalue weighted by molar-refractivity contribution is 0.371. The van der Waals surface area contributed by atoms with Gasteiger partial charge in [-0.05, 0) is 53.3 Å². The first-order chi connectivity index (χ1) is 13.0. The molecule has 0 radical (unpaired) electrons. The van der Waals surface area contributed by atoms with Crippen LogP contribution >= 0.6 is 15.9 Å². The third-order valence-electron chi connectivity index (χ3n) is 4.92. The third-order valence-corrected chi connectivity index (χ3v) is 5.55. The van der Waals surface area contributed by atoms with Gasteiger partial charge in [-0.3, -0.25) is 0 Å². The molecule has 0 amide bonds. The van der Waals surface area contributed by atoms with Crippen molar-refractivity contribution in [1.29, 1.82) is 0 Å². The van der Waals surface area contributed by atoms with Crippen molar-refractivity contribution in [2.24, 2.45) is 0 Å². The first kappa shape index (κ1) is 21.5. The van der Waals surface area contributed by atoms with Crippen molar-refractivity contribution >= 4 is 21.9 Å². The molecule has 0 aliphatic carbocycles. The largest absolute Gasteiger partial charge is 0.378 e. The summed E-state index contributed by atoms with van der Waals surface area (Å²) in [5, 5.41) is 7.13. The molecule has 0 aromatic heterocycles. The second-order valence-electron chi connectivity index (χ2n) is 7.26. The van der Waals surface area contributed by atoms with Crippen LogP contribution in [0.15, 0.2) is 57.9 Å². The average Bonchev–Trinajstić information content (AvgIpc) is 2.68. The van der Waals surface area contributed by atoms with Crippen LogP contribution in [-0.4, -0.2) is 44.1 Å². The van der Waals surface area contributed by atoms with Gasteiger partial charge in [0, 0.05) is 37.7 Å². The van der Waals surface area contributed by atoms with E-state index in [1.54, 1.807) is 4.90 Å². The molecule has 1 aliphatic heterocycles. The lowest BCUT2D eigenvalue weighted by Crippen LogP contribution is -2.46. The van der Waals surface area contributed by atoms with Crippen molar-refractivity contribution in [3.63, 3.8) is 0 Å². The highest BCUT2D eigenvalue weighted by Crippen LogP contribution is 2.26. The Morgan fingerprint density at radius 2 is 2.04 bits per heavy atom. The SMILES string of the molecule is CC/C(C)=C/C(Br)=C(/NC1CNCC(c2ccccc2)C1)C(=C=O)N(C)C. The number of carbonyl (C=O) groups excluding carboxylic acids is 1. The summed E-state index contributed by atoms with van der Waals surface area (Å²) in [6.45, 7) is 6.05. The molecule has 1 aliphatic rings. The summed E-state index contributed by atoms with van der Waals surface area (Å²) in [6, 6.07) is 10.8. The van der Waals surface area contributed by atoms with E-state index in [0.717, 1.165) is 36.1 Å². The van der Waals surface area contributed by atoms with Gasteiger partial charge in [0.1, 0.15) is 5.70 Å². The van der Waals surface area contributed by atoms with Crippen LogP contribution in [0.1, 0.15) is 38.2 Å². The molecule has 1 aromatic carbocycles. The van der Waals surface area contributed by atoms with Crippen LogP contribution in [0.4, 0.5) is 0 Å². The van der Waals surface area contributed by atoms with Crippen LogP contribution in [0, 0.1) is 0 Å². The normalized spacial score (nSPS) is 21.1. The van der Waals surface area contributed by atoms with Gasteiger partial charge < -0.3 is 15.5 Å². The predicted molar refractivity (Wildman–Crippen MR) is 116 cm³/mol. The van der Waals surface area contributed by atoms with Crippen molar-refractivity contribution in [3.05, 3.63) is 63.4 Å². The molecule has 146 valence electrons. The molecular weight excluding hydrogens is 402 g/mol. The number of rotatable bonds is 7. The second kappa shape index (κ2) is 10.5. The topological polar surface area (TPSA) is 44.4 Å². The highest BCUT2D eigenvalue weighted by atomic mass is 79.9. The Kier molecular flexibility index (Phi) is 8.36. The molecule has 2 rings (SSSR count). The minimum absolute atomic E-state index is 0.227. The first-order valence-electron chi connectivity index (χ1n) is 9.48. The molecule has 1 fully saturated rings. The molecule has 2 unspecified atom stereocenters. The quantitative estimate of drug-likeness (QED) is 0.506. The maximum atomic E-state index is 11.6. The summed E-state index contributed by atoms with van der Waals surface area (Å²) < 4.78 is 0.885. The van der Waals surface area contributed by atoms with E-state index in [4.69, 9.17) is 0 Å². The molecule has 1 heterocycles. The summed E-state index contributed by atoms with van der Waals surface area (Å²) >= 11 is 3.68. The number of likely N-dealkylation sites (N-methyl/N-ethyl adjacent to an activating group) is 1. The van der Waals surface area contributed by atoms with E-state index in [1.807, 2.05) is 20.2 Å². The fourth-order valence-corrected chi connectivity index (χ4v) is 3.94. The number of halogens is 1. The molecule has 2 N–H and O–H groups in total. The van der Waals surface area contributed by atoms with Crippen LogP contribution in [0.25, 0.3) is 0 Å². The highest BCUT2D eigenvalue weighted by Gasteiger charge is 2.25. The van der Waals surface area contributed by atoms with Gasteiger partial charge in [-0.2, -0.15) is 0 Å². The molecular formula is C22H30BrN3O. The molecule has 27 heavy (non-hydrogen) atoms. The zero-order chi connectivity index (χ0) is 19.8. The van der Waals surface area contributed by atoms with E-state index in [-0.39, 0.29) is 6.04 Å². The van der Waals surface area contributed by atoms with Crippen molar-refractivity contribution in [1.82, 2.24) is 15.5 Å². The first-order valence-corrected chi connectivity index (χ1v) is 10.3. The Balaban J connectivity index is 2.27. The van der Waals surface area contributed by atoms with Crippen molar-refractivity contribution in [3.8, 4) is 0 Å². The predicted octanol–water partition coefficient (Wildman–Crippen LogP) is 3.96. The van der Waals surface area contributed by atoms with E-state index in [2.05, 4.69) is 76.7 Å². The van der Waals surface area contributed by atoms with Crippen molar-refractivity contribution in [2.75, 3.05) is 27.2 Å². The maximum absolute atomic E-state index is 11.6. The van der Waals surface area contributed by atoms with Crippen LogP contribution in [-0.2, 0) is 4.79 Å². The molecule has 0 spiro atoms. The summed E-state index contributed by atoms with van der Waals surface area (Å²) in [7, 11) is 3.73. The Bertz CT molecular complexity index is 733. The molecule has 2 atom stereocenters. The Morgan fingerprint density at radius 3 is 2.63 bits per heavy atom. The molecule has 5 heteroatoms. The summed E-state index contributed by atoms with van der Waals surface area (Å²) in [5.41, 5.74) is 3.91. The Hall–Kier alpha value is -1.81. The highest BCUT2D eigenvalue weighted by molar-refractivity contribution is 9.11. The smallest absolute Gasteiger partial charge is 0.152 e. The Morgan fingerprint density at radius 1 is 1.33 bits per heavy atom. The minimum Gasteiger partial charge on any atom is -0.378 e. The molecule has 1 saturated heterocycles. The molecule has 0 bridgehead atoms. The standard InChI is InChI=1S/C22H30BrN3O/c1-5-16(2)11-20(23)22(21(15-27)26(3)4)25-19-12-18(13-24-14-19)17-9-7-6-8-10-17/h6-11,18-19,24-25H,5,12-14H2,1-4H3/b16-11+,22-20-. The van der Waals surface area contributed by atoms with Crippen LogP contribution < -0.4 is 10.6 Å². The maximum Gasteiger partial charge on any atom is 0.152 e. The van der Waals surface area contributed by atoms with E-state index < -0.39 is 0 Å². The second-order valence-corrected chi connectivity index (χ2v) is 8.11. The van der Waals surface area contributed by atoms with Gasteiger partial charge in [-0.15, -0.1) is 0 Å². The molecule has 0 saturated carbocycles. The third kappa shape index (κ3) is 6.10. The molecule has 4 nitrogen and oxygen atoms in total. The number of benzene rings is 1. The lowest BCUT2D eigenvalue weighted by atomic mass is 9.89. The Labute approximate surface area is 171 Å². The zero-order valence-corrected chi connectivity index (χ0v) is 18.3. The fraction of sp³-hybridized carbons (Fsp3) is 0.455. The number of nitrogens with zero attached hydrogens (tertiary/aromatic N) is 1.